The molecule has 3 aromatic rings. The molecule has 0 saturated carbocycles. The van der Waals surface area contributed by atoms with Crippen molar-refractivity contribution < 1.29 is 9.84 Å². The van der Waals surface area contributed by atoms with Gasteiger partial charge in [0.15, 0.2) is 0 Å². The molecule has 0 fully saturated rings. The first-order valence-corrected chi connectivity index (χ1v) is 7.06. The number of aromatic hydroxyl groups is 1. The van der Waals surface area contributed by atoms with E-state index >= 15 is 0 Å². The monoisotopic (exact) mass is 294 g/mol. The number of ether oxygens (including phenoxy) is 1. The average molecular weight is 294 g/mol. The molecule has 1 aromatic heterocycles. The van der Waals surface area contributed by atoms with Gasteiger partial charge in [0.25, 0.3) is 0 Å². The SMILES string of the molecule is N#Cc1cc(-c2nc(O)cs2)ccc1Oc1ccccc1. The Morgan fingerprint density at radius 2 is 1.95 bits per heavy atom. The third-order valence-corrected chi connectivity index (χ3v) is 3.69. The van der Waals surface area contributed by atoms with Crippen molar-refractivity contribution in [3.8, 4) is 34.0 Å². The summed E-state index contributed by atoms with van der Waals surface area (Å²) in [5, 5.41) is 20.8. The second-order valence-corrected chi connectivity index (χ2v) is 5.11. The maximum absolute atomic E-state index is 9.30. The van der Waals surface area contributed by atoms with Crippen molar-refractivity contribution in [2.24, 2.45) is 0 Å². The summed E-state index contributed by atoms with van der Waals surface area (Å²) < 4.78 is 5.71. The van der Waals surface area contributed by atoms with Crippen LogP contribution in [0.15, 0.2) is 53.9 Å². The molecule has 0 aliphatic carbocycles. The van der Waals surface area contributed by atoms with Gasteiger partial charge >= 0.3 is 0 Å². The Labute approximate surface area is 125 Å². The molecule has 0 bridgehead atoms. The number of nitriles is 1. The maximum Gasteiger partial charge on any atom is 0.222 e. The third-order valence-electron chi connectivity index (χ3n) is 2.81. The van der Waals surface area contributed by atoms with Crippen molar-refractivity contribution in [3.05, 3.63) is 59.5 Å². The molecule has 1 N–H and O–H groups in total. The van der Waals surface area contributed by atoms with Crippen molar-refractivity contribution >= 4 is 11.3 Å². The largest absolute Gasteiger partial charge is 0.493 e. The number of nitrogens with zero attached hydrogens (tertiary/aromatic N) is 2. The minimum Gasteiger partial charge on any atom is -0.493 e. The van der Waals surface area contributed by atoms with Crippen LogP contribution in [-0.2, 0) is 0 Å². The van der Waals surface area contributed by atoms with Crippen LogP contribution in [0.1, 0.15) is 5.56 Å². The van der Waals surface area contributed by atoms with Crippen molar-refractivity contribution in [1.82, 2.24) is 4.98 Å². The fourth-order valence-electron chi connectivity index (χ4n) is 1.85. The minimum atomic E-state index is -0.0156. The molecular weight excluding hydrogens is 284 g/mol. The Bertz CT molecular complexity index is 807. The van der Waals surface area contributed by atoms with Gasteiger partial charge in [-0.25, -0.2) is 4.98 Å². The lowest BCUT2D eigenvalue weighted by Gasteiger charge is -2.08. The topological polar surface area (TPSA) is 66.1 Å². The zero-order valence-electron chi connectivity index (χ0n) is 10.9. The van der Waals surface area contributed by atoms with E-state index in [0.717, 1.165) is 5.56 Å². The van der Waals surface area contributed by atoms with Crippen molar-refractivity contribution in [2.75, 3.05) is 0 Å². The molecule has 0 atom stereocenters. The molecule has 0 saturated heterocycles. The molecule has 2 aromatic carbocycles. The van der Waals surface area contributed by atoms with Gasteiger partial charge in [-0.2, -0.15) is 5.26 Å². The summed E-state index contributed by atoms with van der Waals surface area (Å²) in [6.45, 7) is 0. The molecule has 1 heterocycles. The molecule has 0 unspecified atom stereocenters. The highest BCUT2D eigenvalue weighted by atomic mass is 32.1. The Balaban J connectivity index is 1.95. The lowest BCUT2D eigenvalue weighted by Crippen LogP contribution is -1.89. The zero-order valence-corrected chi connectivity index (χ0v) is 11.7. The van der Waals surface area contributed by atoms with Gasteiger partial charge < -0.3 is 9.84 Å². The van der Waals surface area contributed by atoms with Gasteiger partial charge in [0.2, 0.25) is 5.88 Å². The second kappa shape index (κ2) is 5.65. The van der Waals surface area contributed by atoms with E-state index < -0.39 is 0 Å². The fourth-order valence-corrected chi connectivity index (χ4v) is 2.53. The third kappa shape index (κ3) is 2.86. The summed E-state index contributed by atoms with van der Waals surface area (Å²) in [6, 6.07) is 16.7. The molecule has 21 heavy (non-hydrogen) atoms. The van der Waals surface area contributed by atoms with Crippen LogP contribution >= 0.6 is 11.3 Å². The second-order valence-electron chi connectivity index (χ2n) is 4.25. The molecule has 5 heteroatoms. The van der Waals surface area contributed by atoms with Crippen LogP contribution in [0.5, 0.6) is 17.4 Å². The molecule has 0 aliphatic heterocycles. The van der Waals surface area contributed by atoms with Gasteiger partial charge in [0.1, 0.15) is 22.6 Å². The van der Waals surface area contributed by atoms with Gasteiger partial charge in [0.05, 0.1) is 10.9 Å². The van der Waals surface area contributed by atoms with Crippen LogP contribution in [0.25, 0.3) is 10.6 Å². The molecule has 0 spiro atoms. The number of benzene rings is 2. The van der Waals surface area contributed by atoms with E-state index in [9.17, 15) is 10.4 Å². The van der Waals surface area contributed by atoms with Gasteiger partial charge in [0, 0.05) is 5.56 Å². The maximum atomic E-state index is 9.30. The van der Waals surface area contributed by atoms with Gasteiger partial charge in [-0.3, -0.25) is 0 Å². The van der Waals surface area contributed by atoms with E-state index in [0.29, 0.717) is 22.1 Å². The van der Waals surface area contributed by atoms with E-state index in [-0.39, 0.29) is 5.88 Å². The first-order valence-electron chi connectivity index (χ1n) is 6.18. The quantitative estimate of drug-likeness (QED) is 0.787. The molecule has 102 valence electrons. The predicted molar refractivity (Wildman–Crippen MR) is 80.4 cm³/mol. The van der Waals surface area contributed by atoms with Crippen LogP contribution in [0.3, 0.4) is 0 Å². The summed E-state index contributed by atoms with van der Waals surface area (Å²) in [5.41, 5.74) is 1.20. The Hall–Kier alpha value is -2.84. The van der Waals surface area contributed by atoms with Crippen LogP contribution < -0.4 is 4.74 Å². The minimum absolute atomic E-state index is 0.0156. The van der Waals surface area contributed by atoms with E-state index in [1.807, 2.05) is 36.4 Å². The Morgan fingerprint density at radius 1 is 1.14 bits per heavy atom. The van der Waals surface area contributed by atoms with Crippen molar-refractivity contribution in [1.29, 1.82) is 5.26 Å². The van der Waals surface area contributed by atoms with E-state index in [1.165, 1.54) is 11.3 Å². The molecule has 0 radical (unpaired) electrons. The first kappa shape index (κ1) is 13.2. The summed E-state index contributed by atoms with van der Waals surface area (Å²) in [4.78, 5) is 3.99. The Morgan fingerprint density at radius 3 is 2.62 bits per heavy atom. The molecule has 4 nitrogen and oxygen atoms in total. The standard InChI is InChI=1S/C16H10N2O2S/c17-9-12-8-11(16-18-15(19)10-21-16)6-7-14(12)20-13-4-2-1-3-5-13/h1-8,10,19H. The number of aromatic nitrogens is 1. The normalized spacial score (nSPS) is 10.0. The molecule has 0 aliphatic rings. The average Bonchev–Trinajstić information content (AvgIpc) is 2.95. The number of thiazole rings is 1. The van der Waals surface area contributed by atoms with Crippen molar-refractivity contribution in [3.63, 3.8) is 0 Å². The van der Waals surface area contributed by atoms with Gasteiger partial charge in [-0.1, -0.05) is 18.2 Å². The lowest BCUT2D eigenvalue weighted by molar-refractivity contribution is 0.458. The predicted octanol–water partition coefficient (Wildman–Crippen LogP) is 4.18. The molecule has 0 amide bonds. The number of para-hydroxylation sites is 1. The van der Waals surface area contributed by atoms with Gasteiger partial charge in [-0.05, 0) is 30.3 Å². The van der Waals surface area contributed by atoms with E-state index in [1.54, 1.807) is 17.5 Å². The van der Waals surface area contributed by atoms with Crippen molar-refractivity contribution in [2.45, 2.75) is 0 Å². The summed E-state index contributed by atoms with van der Waals surface area (Å²) in [7, 11) is 0. The molecule has 3 rings (SSSR count). The molecular formula is C16H10N2O2S. The highest BCUT2D eigenvalue weighted by molar-refractivity contribution is 7.13. The van der Waals surface area contributed by atoms with Crippen LogP contribution in [0.4, 0.5) is 0 Å². The van der Waals surface area contributed by atoms with E-state index in [2.05, 4.69) is 11.1 Å². The highest BCUT2D eigenvalue weighted by Gasteiger charge is 2.10. The van der Waals surface area contributed by atoms with E-state index in [4.69, 9.17) is 4.74 Å². The lowest BCUT2D eigenvalue weighted by atomic mass is 10.1. The summed E-state index contributed by atoms with van der Waals surface area (Å²) in [5.74, 6) is 1.15. The van der Waals surface area contributed by atoms with Crippen LogP contribution in [-0.4, -0.2) is 10.1 Å². The summed E-state index contributed by atoms with van der Waals surface area (Å²) in [6.07, 6.45) is 0. The number of rotatable bonds is 3. The zero-order chi connectivity index (χ0) is 14.7. The number of hydrogen-bond acceptors (Lipinski definition) is 5. The van der Waals surface area contributed by atoms with Gasteiger partial charge in [-0.15, -0.1) is 11.3 Å². The summed E-state index contributed by atoms with van der Waals surface area (Å²) >= 11 is 1.32. The smallest absolute Gasteiger partial charge is 0.222 e. The van der Waals surface area contributed by atoms with Crippen LogP contribution in [0, 0.1) is 11.3 Å². The number of hydrogen-bond donors (Lipinski definition) is 1. The highest BCUT2D eigenvalue weighted by Crippen LogP contribution is 2.32. The van der Waals surface area contributed by atoms with Crippen LogP contribution in [0.2, 0.25) is 0 Å². The fraction of sp³-hybridized carbons (Fsp3) is 0. The first-order chi connectivity index (χ1) is 10.3. The Kier molecular flexibility index (Phi) is 3.54.